The fourth-order valence-electron chi connectivity index (χ4n) is 4.24. The normalized spacial score (nSPS) is 15.7. The van der Waals surface area contributed by atoms with Gasteiger partial charge in [-0.1, -0.05) is 42.5 Å². The Bertz CT molecular complexity index is 1230. The fraction of sp³-hybridized carbons (Fsp3) is 0.391. The molecule has 0 radical (unpaired) electrons. The van der Waals surface area contributed by atoms with E-state index >= 15 is 0 Å². The average molecular weight is 457 g/mol. The van der Waals surface area contributed by atoms with Crippen LogP contribution >= 0.6 is 0 Å². The third kappa shape index (κ3) is 4.22. The van der Waals surface area contributed by atoms with Gasteiger partial charge >= 0.3 is 5.69 Å². The molecule has 0 N–H and O–H groups in total. The zero-order chi connectivity index (χ0) is 22.7. The summed E-state index contributed by atoms with van der Waals surface area (Å²) in [6.07, 6.45) is 1.21. The highest BCUT2D eigenvalue weighted by Crippen LogP contribution is 2.32. The van der Waals surface area contributed by atoms with Gasteiger partial charge in [-0.2, -0.15) is 9.40 Å². The van der Waals surface area contributed by atoms with Crippen LogP contribution in [-0.2, 0) is 23.1 Å². The number of para-hydroxylation sites is 1. The lowest BCUT2D eigenvalue weighted by Gasteiger charge is -2.31. The molecule has 3 aromatic rings. The van der Waals surface area contributed by atoms with Gasteiger partial charge in [0.2, 0.25) is 10.0 Å². The Morgan fingerprint density at radius 2 is 1.69 bits per heavy atom. The molecular weight excluding hydrogens is 428 g/mol. The van der Waals surface area contributed by atoms with Crippen LogP contribution in [0, 0.1) is 0 Å². The third-order valence-corrected chi connectivity index (χ3v) is 7.89. The Morgan fingerprint density at radius 3 is 2.34 bits per heavy atom. The number of aromatic nitrogens is 3. The molecule has 32 heavy (non-hydrogen) atoms. The second-order valence-corrected chi connectivity index (χ2v) is 9.76. The minimum Gasteiger partial charge on any atom is -0.495 e. The molecule has 1 aliphatic rings. The lowest BCUT2D eigenvalue weighted by molar-refractivity contribution is 0.307. The van der Waals surface area contributed by atoms with Crippen LogP contribution in [0.1, 0.15) is 37.1 Å². The number of rotatable bonds is 7. The number of nitrogens with zero attached hydrogens (tertiary/aromatic N) is 4. The summed E-state index contributed by atoms with van der Waals surface area (Å²) in [6.45, 7) is 3.62. The molecule has 0 spiro atoms. The van der Waals surface area contributed by atoms with E-state index in [2.05, 4.69) is 5.10 Å². The van der Waals surface area contributed by atoms with E-state index in [1.807, 2.05) is 37.3 Å². The summed E-state index contributed by atoms with van der Waals surface area (Å²) >= 11 is 0. The van der Waals surface area contributed by atoms with Crippen LogP contribution in [0.2, 0.25) is 0 Å². The van der Waals surface area contributed by atoms with E-state index in [4.69, 9.17) is 4.74 Å². The zero-order valence-electron chi connectivity index (χ0n) is 18.3. The first kappa shape index (κ1) is 22.3. The van der Waals surface area contributed by atoms with Crippen LogP contribution in [-0.4, -0.2) is 47.3 Å². The molecule has 0 bridgehead atoms. The van der Waals surface area contributed by atoms with Crippen molar-refractivity contribution >= 4 is 10.0 Å². The number of hydrogen-bond acceptors (Lipinski definition) is 5. The molecule has 2 aromatic carbocycles. The number of benzene rings is 2. The smallest absolute Gasteiger partial charge is 0.346 e. The van der Waals surface area contributed by atoms with Crippen molar-refractivity contribution in [2.75, 3.05) is 20.2 Å². The lowest BCUT2D eigenvalue weighted by atomic mass is 9.97. The van der Waals surface area contributed by atoms with Gasteiger partial charge in [-0.05, 0) is 37.5 Å². The van der Waals surface area contributed by atoms with E-state index in [-0.39, 0.29) is 16.5 Å². The van der Waals surface area contributed by atoms with Gasteiger partial charge in [0.25, 0.3) is 0 Å². The molecule has 1 fully saturated rings. The summed E-state index contributed by atoms with van der Waals surface area (Å²) in [4.78, 5) is 13.1. The second-order valence-electron chi connectivity index (χ2n) is 7.86. The molecule has 0 aliphatic carbocycles. The Hall–Kier alpha value is -2.91. The molecule has 1 aromatic heterocycles. The van der Waals surface area contributed by atoms with Gasteiger partial charge in [0, 0.05) is 25.6 Å². The summed E-state index contributed by atoms with van der Waals surface area (Å²) in [5.74, 6) is 1.11. The summed E-state index contributed by atoms with van der Waals surface area (Å²) in [6, 6.07) is 16.4. The second kappa shape index (κ2) is 9.30. The van der Waals surface area contributed by atoms with Crippen LogP contribution in [0.15, 0.2) is 64.3 Å². The molecule has 0 saturated carbocycles. The Balaban J connectivity index is 1.53. The Kier molecular flexibility index (Phi) is 6.48. The van der Waals surface area contributed by atoms with Crippen molar-refractivity contribution < 1.29 is 13.2 Å². The highest BCUT2D eigenvalue weighted by molar-refractivity contribution is 7.89. The molecule has 8 nitrogen and oxygen atoms in total. The molecule has 1 saturated heterocycles. The van der Waals surface area contributed by atoms with Crippen molar-refractivity contribution in [1.29, 1.82) is 0 Å². The predicted molar refractivity (Wildman–Crippen MR) is 121 cm³/mol. The molecule has 1 aliphatic heterocycles. The summed E-state index contributed by atoms with van der Waals surface area (Å²) < 4.78 is 36.3. The maximum atomic E-state index is 13.2. The molecule has 0 atom stereocenters. The third-order valence-electron chi connectivity index (χ3n) is 5.95. The van der Waals surface area contributed by atoms with E-state index < -0.39 is 10.0 Å². The first-order chi connectivity index (χ1) is 15.5. The molecule has 9 heteroatoms. The highest BCUT2D eigenvalue weighted by Gasteiger charge is 2.33. The molecule has 2 heterocycles. The minimum absolute atomic E-state index is 0.0313. The van der Waals surface area contributed by atoms with Crippen molar-refractivity contribution in [3.05, 3.63) is 76.5 Å². The molecular formula is C23H28N4O4S. The SMILES string of the molecule is CCn1c(C2CCN(S(=O)(=O)c3ccccc3OC)CC2)nn(Cc2ccccc2)c1=O. The lowest BCUT2D eigenvalue weighted by Crippen LogP contribution is -2.38. The molecule has 0 amide bonds. The maximum Gasteiger partial charge on any atom is 0.346 e. The van der Waals surface area contributed by atoms with E-state index in [0.29, 0.717) is 44.8 Å². The monoisotopic (exact) mass is 456 g/mol. The number of methoxy groups -OCH3 is 1. The number of sulfonamides is 1. The maximum absolute atomic E-state index is 13.2. The first-order valence-corrected chi connectivity index (χ1v) is 12.2. The van der Waals surface area contributed by atoms with E-state index in [9.17, 15) is 13.2 Å². The van der Waals surface area contributed by atoms with Gasteiger partial charge in [0.1, 0.15) is 16.5 Å². The fourth-order valence-corrected chi connectivity index (χ4v) is 5.87. The van der Waals surface area contributed by atoms with E-state index in [0.717, 1.165) is 11.4 Å². The van der Waals surface area contributed by atoms with Gasteiger partial charge in [0.15, 0.2) is 0 Å². The largest absolute Gasteiger partial charge is 0.495 e. The van der Waals surface area contributed by atoms with Gasteiger partial charge in [0.05, 0.1) is 13.7 Å². The van der Waals surface area contributed by atoms with Crippen LogP contribution in [0.3, 0.4) is 0 Å². The van der Waals surface area contributed by atoms with Crippen LogP contribution < -0.4 is 10.4 Å². The Labute approximate surface area is 188 Å². The van der Waals surface area contributed by atoms with Gasteiger partial charge in [-0.3, -0.25) is 4.57 Å². The summed E-state index contributed by atoms with van der Waals surface area (Å²) in [5.41, 5.74) is 0.884. The Morgan fingerprint density at radius 1 is 1.03 bits per heavy atom. The molecule has 4 rings (SSSR count). The zero-order valence-corrected chi connectivity index (χ0v) is 19.2. The standard InChI is InChI=1S/C23H28N4O4S/c1-3-26-22(24-27(23(26)28)17-18-9-5-4-6-10-18)19-13-15-25(16-14-19)32(29,30)21-12-8-7-11-20(21)31-2/h4-12,19H,3,13-17H2,1-2H3. The minimum atomic E-state index is -3.66. The van der Waals surface area contributed by atoms with Gasteiger partial charge < -0.3 is 4.74 Å². The van der Waals surface area contributed by atoms with Crippen molar-refractivity contribution in [2.45, 2.75) is 43.7 Å². The van der Waals surface area contributed by atoms with Crippen LogP contribution in [0.25, 0.3) is 0 Å². The van der Waals surface area contributed by atoms with Crippen molar-refractivity contribution in [1.82, 2.24) is 18.7 Å². The van der Waals surface area contributed by atoms with E-state index in [1.165, 1.54) is 16.1 Å². The summed E-state index contributed by atoms with van der Waals surface area (Å²) in [5, 5.41) is 4.65. The highest BCUT2D eigenvalue weighted by atomic mass is 32.2. The molecule has 0 unspecified atom stereocenters. The van der Waals surface area contributed by atoms with Gasteiger partial charge in [-0.25, -0.2) is 17.9 Å². The first-order valence-electron chi connectivity index (χ1n) is 10.8. The average Bonchev–Trinajstić information content (AvgIpc) is 3.14. The topological polar surface area (TPSA) is 86.4 Å². The predicted octanol–water partition coefficient (Wildman–Crippen LogP) is 2.69. The summed E-state index contributed by atoms with van der Waals surface area (Å²) in [7, 11) is -2.19. The van der Waals surface area contributed by atoms with E-state index in [1.54, 1.807) is 28.8 Å². The number of ether oxygens (including phenoxy) is 1. The van der Waals surface area contributed by atoms with Crippen LogP contribution in [0.5, 0.6) is 5.75 Å². The van der Waals surface area contributed by atoms with Crippen molar-refractivity contribution in [3.8, 4) is 5.75 Å². The number of piperidine rings is 1. The van der Waals surface area contributed by atoms with Crippen molar-refractivity contribution in [3.63, 3.8) is 0 Å². The van der Waals surface area contributed by atoms with Crippen molar-refractivity contribution in [2.24, 2.45) is 0 Å². The van der Waals surface area contributed by atoms with Gasteiger partial charge in [-0.15, -0.1) is 0 Å². The quantitative estimate of drug-likeness (QED) is 0.546. The van der Waals surface area contributed by atoms with Crippen LogP contribution in [0.4, 0.5) is 0 Å². The molecule has 170 valence electrons. The number of hydrogen-bond donors (Lipinski definition) is 0.